The first-order valence-corrected chi connectivity index (χ1v) is 4.08. The first kappa shape index (κ1) is 9.31. The van der Waals surface area contributed by atoms with Crippen molar-refractivity contribution >= 4 is 11.5 Å². The number of rotatable bonds is 1. The van der Waals surface area contributed by atoms with Crippen LogP contribution in [0.5, 0.6) is 0 Å². The van der Waals surface area contributed by atoms with Crippen molar-refractivity contribution < 1.29 is 4.92 Å². The average molecular weight is 209 g/mol. The van der Waals surface area contributed by atoms with Gasteiger partial charge in [0.05, 0.1) is 11.1 Å². The van der Waals surface area contributed by atoms with Crippen LogP contribution in [-0.4, -0.2) is 24.1 Å². The number of nitrogens with zero attached hydrogens (tertiary/aromatic N) is 5. The summed E-state index contributed by atoms with van der Waals surface area (Å²) < 4.78 is 2.31. The summed E-state index contributed by atoms with van der Waals surface area (Å²) in [4.78, 5) is 25.3. The van der Waals surface area contributed by atoms with Crippen molar-refractivity contribution in [3.05, 3.63) is 32.5 Å². The third kappa shape index (κ3) is 1.26. The predicted molar refractivity (Wildman–Crippen MR) is 49.6 cm³/mol. The van der Waals surface area contributed by atoms with Crippen molar-refractivity contribution in [1.82, 2.24) is 19.2 Å². The van der Waals surface area contributed by atoms with Crippen LogP contribution < -0.4 is 5.56 Å². The summed E-state index contributed by atoms with van der Waals surface area (Å²) in [5.74, 6) is 0.672. The minimum atomic E-state index is -0.770. The van der Waals surface area contributed by atoms with Gasteiger partial charge in [0.2, 0.25) is 5.78 Å². The number of nitro groups is 1. The van der Waals surface area contributed by atoms with Crippen LogP contribution in [0.25, 0.3) is 5.78 Å². The SMILES string of the molecule is Cc1nc2n(C)cc([N+](=O)[O-])c(=O)n2n1. The summed E-state index contributed by atoms with van der Waals surface area (Å²) in [6.45, 7) is 1.61. The van der Waals surface area contributed by atoms with Gasteiger partial charge in [0.15, 0.2) is 0 Å². The van der Waals surface area contributed by atoms with E-state index in [-0.39, 0.29) is 5.78 Å². The zero-order chi connectivity index (χ0) is 11.2. The molecule has 0 aliphatic rings. The number of hydrogen-bond acceptors (Lipinski definition) is 5. The van der Waals surface area contributed by atoms with Gasteiger partial charge in [-0.3, -0.25) is 14.9 Å². The highest BCUT2D eigenvalue weighted by atomic mass is 16.6. The molecule has 2 heterocycles. The number of fused-ring (bicyclic) bond motifs is 1. The molecule has 0 unspecified atom stereocenters. The molecule has 0 amide bonds. The molecule has 0 N–H and O–H groups in total. The molecule has 0 radical (unpaired) electrons. The quantitative estimate of drug-likeness (QED) is 0.472. The molecule has 2 aromatic rings. The number of aromatic nitrogens is 4. The lowest BCUT2D eigenvalue weighted by Gasteiger charge is -1.98. The molecule has 15 heavy (non-hydrogen) atoms. The Kier molecular flexibility index (Phi) is 1.78. The van der Waals surface area contributed by atoms with Gasteiger partial charge in [-0.1, -0.05) is 0 Å². The van der Waals surface area contributed by atoms with Crippen LogP contribution in [0, 0.1) is 17.0 Å². The van der Waals surface area contributed by atoms with Gasteiger partial charge in [0.25, 0.3) is 0 Å². The fraction of sp³-hybridized carbons (Fsp3) is 0.286. The van der Waals surface area contributed by atoms with Crippen molar-refractivity contribution in [1.29, 1.82) is 0 Å². The highest BCUT2D eigenvalue weighted by Crippen LogP contribution is 2.05. The molecule has 0 spiro atoms. The molecule has 0 aromatic carbocycles. The standard InChI is InChI=1S/C7H7N5O3/c1-4-8-7-10(2)3-5(12(14)15)6(13)11(7)9-4/h3H,1-2H3. The van der Waals surface area contributed by atoms with Gasteiger partial charge in [0, 0.05) is 7.05 Å². The lowest BCUT2D eigenvalue weighted by atomic mass is 10.5. The molecule has 2 rings (SSSR count). The molecule has 0 aliphatic carbocycles. The molecule has 0 fully saturated rings. The molecule has 78 valence electrons. The highest BCUT2D eigenvalue weighted by molar-refractivity contribution is 5.35. The second-order valence-electron chi connectivity index (χ2n) is 3.06. The van der Waals surface area contributed by atoms with Crippen molar-refractivity contribution in [3.8, 4) is 0 Å². The molecule has 0 aliphatic heterocycles. The summed E-state index contributed by atoms with van der Waals surface area (Å²) in [7, 11) is 1.57. The number of hydrogen-bond donors (Lipinski definition) is 0. The van der Waals surface area contributed by atoms with Gasteiger partial charge >= 0.3 is 11.2 Å². The van der Waals surface area contributed by atoms with E-state index in [2.05, 4.69) is 10.1 Å². The maximum atomic E-state index is 11.5. The zero-order valence-corrected chi connectivity index (χ0v) is 8.04. The fourth-order valence-corrected chi connectivity index (χ4v) is 1.30. The van der Waals surface area contributed by atoms with Crippen molar-refractivity contribution in [3.63, 3.8) is 0 Å². The summed E-state index contributed by atoms with van der Waals surface area (Å²) in [5, 5.41) is 14.3. The van der Waals surface area contributed by atoms with E-state index in [9.17, 15) is 14.9 Å². The molecule has 2 aromatic heterocycles. The van der Waals surface area contributed by atoms with Crippen molar-refractivity contribution in [2.45, 2.75) is 6.92 Å². The van der Waals surface area contributed by atoms with Gasteiger partial charge in [-0.2, -0.15) is 9.50 Å². The van der Waals surface area contributed by atoms with Gasteiger partial charge in [-0.05, 0) is 6.92 Å². The van der Waals surface area contributed by atoms with Crippen LogP contribution in [-0.2, 0) is 7.05 Å². The lowest BCUT2D eigenvalue weighted by Crippen LogP contribution is -2.20. The van der Waals surface area contributed by atoms with E-state index >= 15 is 0 Å². The van der Waals surface area contributed by atoms with E-state index < -0.39 is 16.2 Å². The monoisotopic (exact) mass is 209 g/mol. The molecule has 0 saturated carbocycles. The van der Waals surface area contributed by atoms with Crippen molar-refractivity contribution in [2.24, 2.45) is 7.05 Å². The largest absolute Gasteiger partial charge is 0.353 e. The first-order valence-electron chi connectivity index (χ1n) is 4.08. The molecular formula is C7H7N5O3. The molecule has 8 nitrogen and oxygen atoms in total. The third-order valence-electron chi connectivity index (χ3n) is 1.94. The normalized spacial score (nSPS) is 10.8. The topological polar surface area (TPSA) is 95.3 Å². The lowest BCUT2D eigenvalue weighted by molar-refractivity contribution is -0.386. The Hall–Kier alpha value is -2.25. The fourth-order valence-electron chi connectivity index (χ4n) is 1.30. The van der Waals surface area contributed by atoms with E-state index in [1.807, 2.05) is 0 Å². The second kappa shape index (κ2) is 2.87. The van der Waals surface area contributed by atoms with Crippen LogP contribution in [0.15, 0.2) is 11.0 Å². The van der Waals surface area contributed by atoms with E-state index in [1.54, 1.807) is 14.0 Å². The predicted octanol–water partition coefficient (Wildman–Crippen LogP) is -0.355. The van der Waals surface area contributed by atoms with Crippen LogP contribution in [0.3, 0.4) is 0 Å². The minimum Gasteiger partial charge on any atom is -0.313 e. The Morgan fingerprint density at radius 2 is 2.20 bits per heavy atom. The summed E-state index contributed by atoms with van der Waals surface area (Å²) in [6, 6.07) is 0. The van der Waals surface area contributed by atoms with Crippen LogP contribution in [0.1, 0.15) is 5.82 Å². The highest BCUT2D eigenvalue weighted by Gasteiger charge is 2.18. The van der Waals surface area contributed by atoms with Gasteiger partial charge < -0.3 is 4.57 Å². The molecule has 0 saturated heterocycles. The smallest absolute Gasteiger partial charge is 0.313 e. The van der Waals surface area contributed by atoms with E-state index in [0.29, 0.717) is 5.82 Å². The average Bonchev–Trinajstić information content (AvgIpc) is 2.53. The molecule has 8 heteroatoms. The Balaban J connectivity index is 2.96. The van der Waals surface area contributed by atoms with E-state index in [0.717, 1.165) is 10.7 Å². The molecular weight excluding hydrogens is 202 g/mol. The van der Waals surface area contributed by atoms with Gasteiger partial charge in [-0.25, -0.2) is 0 Å². The first-order chi connectivity index (χ1) is 7.00. The van der Waals surface area contributed by atoms with E-state index in [4.69, 9.17) is 0 Å². The summed E-state index contributed by atoms with van der Waals surface area (Å²) in [6.07, 6.45) is 1.13. The maximum absolute atomic E-state index is 11.5. The van der Waals surface area contributed by atoms with Crippen LogP contribution >= 0.6 is 0 Å². The Labute approximate surface area is 82.9 Å². The zero-order valence-electron chi connectivity index (χ0n) is 8.04. The summed E-state index contributed by atoms with van der Waals surface area (Å²) >= 11 is 0. The Morgan fingerprint density at radius 1 is 1.53 bits per heavy atom. The van der Waals surface area contributed by atoms with Gasteiger partial charge in [-0.15, -0.1) is 5.10 Å². The Bertz CT molecular complexity index is 611. The van der Waals surface area contributed by atoms with E-state index in [1.165, 1.54) is 4.57 Å². The molecule has 0 atom stereocenters. The second-order valence-corrected chi connectivity index (χ2v) is 3.06. The summed E-state index contributed by atoms with van der Waals surface area (Å²) in [5.41, 5.74) is -1.29. The minimum absolute atomic E-state index is 0.281. The van der Waals surface area contributed by atoms with Crippen molar-refractivity contribution in [2.75, 3.05) is 0 Å². The Morgan fingerprint density at radius 3 is 2.80 bits per heavy atom. The third-order valence-corrected chi connectivity index (χ3v) is 1.94. The number of aryl methyl sites for hydroxylation is 2. The van der Waals surface area contributed by atoms with Crippen LogP contribution in [0.2, 0.25) is 0 Å². The molecule has 0 bridgehead atoms. The van der Waals surface area contributed by atoms with Gasteiger partial charge in [0.1, 0.15) is 5.82 Å². The maximum Gasteiger partial charge on any atom is 0.353 e. The van der Waals surface area contributed by atoms with Crippen LogP contribution in [0.4, 0.5) is 5.69 Å².